The molecule has 2 aliphatic heterocycles. The number of carbonyl (C=O) groups is 1. The highest BCUT2D eigenvalue weighted by molar-refractivity contribution is 7.90. The number of aromatic amines is 1. The van der Waals surface area contributed by atoms with Gasteiger partial charge in [-0.2, -0.15) is 4.98 Å². The van der Waals surface area contributed by atoms with Gasteiger partial charge in [0.05, 0.1) is 27.6 Å². The summed E-state index contributed by atoms with van der Waals surface area (Å²) in [6.45, 7) is 12.8. The summed E-state index contributed by atoms with van der Waals surface area (Å²) < 4.78 is 42.2. The molecule has 0 unspecified atom stereocenters. The number of fused-ring (bicyclic) bond motifs is 1. The third kappa shape index (κ3) is 9.84. The number of benzene rings is 3. The molecule has 67 heavy (non-hydrogen) atoms. The van der Waals surface area contributed by atoms with Crippen molar-refractivity contribution in [3.63, 3.8) is 0 Å². The first kappa shape index (κ1) is 46.4. The zero-order chi connectivity index (χ0) is 47.1. The molecule has 0 bridgehead atoms. The summed E-state index contributed by atoms with van der Waals surface area (Å²) in [5, 5.41) is 26.4. The van der Waals surface area contributed by atoms with Crippen molar-refractivity contribution >= 4 is 44.0 Å². The van der Waals surface area contributed by atoms with Gasteiger partial charge in [0, 0.05) is 68.2 Å². The number of aromatic nitrogens is 2. The molecule has 2 saturated carbocycles. The Hall–Kier alpha value is -5.71. The van der Waals surface area contributed by atoms with Gasteiger partial charge in [0.1, 0.15) is 17.1 Å². The molecule has 4 fully saturated rings. The largest absolute Gasteiger partial charge is 0.475 e. The highest BCUT2D eigenvalue weighted by Gasteiger charge is 2.49. The van der Waals surface area contributed by atoms with E-state index in [4.69, 9.17) is 9.47 Å². The standard InChI is InChI=1S/C51H63N7O8S/c1-5-65-49-46(27-35-19-24-52-47(35)54-49)66-45-28-36(56-25-22-51(23-26-56)31-57(32-51)43-12-8-11-40(43)39-10-7-6-9-38(39)33(2)3)13-15-41(45)48(59)55-67(63,64)37-14-16-42(44(29-37)58(61)62)53-30-34-17-20-50(4,60)21-18-34/h6-7,9-10,13-16,19,24,27-29,33-34,40,43,53,60H,5,8,11-12,17-18,20-23,25-26,30-32H2,1-4H3,(H,52,54)(H,55,59)/t34-,40-,43-,50-/m1/s1. The zero-order valence-corrected chi connectivity index (χ0v) is 39.7. The number of carbonyl (C=O) groups excluding carboxylic acids is 1. The maximum Gasteiger partial charge on any atom is 0.293 e. The van der Waals surface area contributed by atoms with E-state index in [1.807, 2.05) is 26.0 Å². The number of piperidine rings is 1. The molecule has 2 aromatic heterocycles. The van der Waals surface area contributed by atoms with Crippen LogP contribution in [0.25, 0.3) is 11.0 Å². The van der Waals surface area contributed by atoms with Crippen LogP contribution >= 0.6 is 0 Å². The van der Waals surface area contributed by atoms with Crippen LogP contribution in [-0.4, -0.2) is 90.2 Å². The van der Waals surface area contributed by atoms with Gasteiger partial charge in [0.15, 0.2) is 5.75 Å². The normalized spacial score (nSPS) is 23.0. The summed E-state index contributed by atoms with van der Waals surface area (Å²) >= 11 is 0. The highest BCUT2D eigenvalue weighted by atomic mass is 32.2. The molecule has 3 aromatic carbocycles. The summed E-state index contributed by atoms with van der Waals surface area (Å²) in [5.74, 6) is 0.829. The van der Waals surface area contributed by atoms with Gasteiger partial charge in [-0.05, 0) is 136 Å². The maximum atomic E-state index is 14.2. The van der Waals surface area contributed by atoms with E-state index in [-0.39, 0.29) is 40.0 Å². The summed E-state index contributed by atoms with van der Waals surface area (Å²) in [7, 11) is -4.60. The van der Waals surface area contributed by atoms with E-state index in [1.54, 1.807) is 24.4 Å². The van der Waals surface area contributed by atoms with Crippen molar-refractivity contribution in [3.05, 3.63) is 106 Å². The lowest BCUT2D eigenvalue weighted by Gasteiger charge is -2.57. The van der Waals surface area contributed by atoms with E-state index in [1.165, 1.54) is 42.5 Å². The minimum Gasteiger partial charge on any atom is -0.475 e. The van der Waals surface area contributed by atoms with Crippen LogP contribution < -0.4 is 24.4 Å². The van der Waals surface area contributed by atoms with E-state index in [0.29, 0.717) is 49.5 Å². The third-order valence-corrected chi connectivity index (χ3v) is 16.2. The number of nitro benzene ring substituents is 1. The molecule has 1 spiro atoms. The summed E-state index contributed by atoms with van der Waals surface area (Å²) in [5.41, 5.74) is 3.62. The fourth-order valence-corrected chi connectivity index (χ4v) is 12.0. The van der Waals surface area contributed by atoms with Crippen molar-refractivity contribution in [2.24, 2.45) is 11.3 Å². The smallest absolute Gasteiger partial charge is 0.293 e. The Balaban J connectivity index is 0.925. The number of nitro groups is 1. The fourth-order valence-electron chi connectivity index (χ4n) is 11.0. The number of likely N-dealkylation sites (tertiary alicyclic amines) is 1. The SMILES string of the molecule is CCOc1nc2[nH]ccc2cc1Oc1cc(N2CCC3(CC2)CN([C@@H]2CCC[C@@H]2c2ccccc2C(C)C)C3)ccc1C(=O)NS(=O)(=O)c1ccc(NC[C@H]2CC[C@](C)(O)CC2)c([N+](=O)[O-])c1. The van der Waals surface area contributed by atoms with Crippen LogP contribution in [0.4, 0.5) is 17.1 Å². The number of rotatable bonds is 15. The monoisotopic (exact) mass is 933 g/mol. The molecule has 2 aliphatic carbocycles. The van der Waals surface area contributed by atoms with Crippen LogP contribution in [0.1, 0.15) is 119 Å². The zero-order valence-electron chi connectivity index (χ0n) is 38.9. The van der Waals surface area contributed by atoms with Crippen LogP contribution in [0.3, 0.4) is 0 Å². The molecule has 16 heteroatoms. The highest BCUT2D eigenvalue weighted by Crippen LogP contribution is 2.49. The molecule has 2 saturated heterocycles. The Kier molecular flexibility index (Phi) is 13.0. The number of nitrogens with one attached hydrogen (secondary N) is 3. The van der Waals surface area contributed by atoms with Crippen LogP contribution in [0, 0.1) is 21.4 Å². The number of amides is 1. The minimum absolute atomic E-state index is 0.0588. The van der Waals surface area contributed by atoms with Crippen molar-refractivity contribution < 1.29 is 32.7 Å². The number of H-pyrrole nitrogens is 1. The molecular weight excluding hydrogens is 871 g/mol. The number of hydrogen-bond acceptors (Lipinski definition) is 12. The van der Waals surface area contributed by atoms with Crippen molar-refractivity contribution in [1.29, 1.82) is 0 Å². The Morgan fingerprint density at radius 1 is 0.985 bits per heavy atom. The van der Waals surface area contributed by atoms with Crippen LogP contribution in [0.2, 0.25) is 0 Å². The van der Waals surface area contributed by atoms with E-state index in [0.717, 1.165) is 69.0 Å². The number of sulfonamides is 1. The Morgan fingerprint density at radius 3 is 2.48 bits per heavy atom. The summed E-state index contributed by atoms with van der Waals surface area (Å²) in [6, 6.07) is 21.8. The number of aliphatic hydroxyl groups is 1. The van der Waals surface area contributed by atoms with Gasteiger partial charge in [0.25, 0.3) is 27.5 Å². The number of pyridine rings is 1. The maximum absolute atomic E-state index is 14.2. The molecule has 4 N–H and O–H groups in total. The molecule has 1 amide bonds. The number of hydrogen-bond donors (Lipinski definition) is 4. The average Bonchev–Trinajstić information content (AvgIpc) is 3.98. The molecule has 356 valence electrons. The average molecular weight is 934 g/mol. The number of ether oxygens (including phenoxy) is 2. The van der Waals surface area contributed by atoms with Crippen LogP contribution in [0.5, 0.6) is 17.4 Å². The fraction of sp³-hybridized carbons (Fsp3) is 0.490. The molecule has 9 rings (SSSR count). The van der Waals surface area contributed by atoms with Crippen molar-refractivity contribution in [1.82, 2.24) is 19.6 Å². The van der Waals surface area contributed by atoms with Gasteiger partial charge < -0.3 is 29.8 Å². The lowest BCUT2D eigenvalue weighted by molar-refractivity contribution is -0.384. The predicted octanol–water partition coefficient (Wildman–Crippen LogP) is 9.50. The second kappa shape index (κ2) is 18.8. The predicted molar refractivity (Wildman–Crippen MR) is 259 cm³/mol. The third-order valence-electron chi connectivity index (χ3n) is 14.9. The number of anilines is 2. The quantitative estimate of drug-likeness (QED) is 0.0575. The van der Waals surface area contributed by atoms with E-state index in [2.05, 4.69) is 67.9 Å². The van der Waals surface area contributed by atoms with Gasteiger partial charge in [-0.25, -0.2) is 13.1 Å². The van der Waals surface area contributed by atoms with Crippen LogP contribution in [0.15, 0.2) is 83.9 Å². The first-order valence-corrected chi connectivity index (χ1v) is 25.4. The topological polar surface area (TPSA) is 192 Å². The summed E-state index contributed by atoms with van der Waals surface area (Å²) in [4.78, 5) is 38.0. The first-order valence-electron chi connectivity index (χ1n) is 23.9. The van der Waals surface area contributed by atoms with Crippen molar-refractivity contribution in [2.75, 3.05) is 49.5 Å². The van der Waals surface area contributed by atoms with Crippen molar-refractivity contribution in [2.45, 2.75) is 114 Å². The molecule has 4 aliphatic rings. The first-order chi connectivity index (χ1) is 32.1. The van der Waals surface area contributed by atoms with Crippen LogP contribution in [-0.2, 0) is 10.0 Å². The molecule has 2 atom stereocenters. The second-order valence-electron chi connectivity index (χ2n) is 19.9. The summed E-state index contributed by atoms with van der Waals surface area (Å²) in [6.07, 6.45) is 10.3. The van der Waals surface area contributed by atoms with E-state index >= 15 is 0 Å². The minimum atomic E-state index is -4.60. The van der Waals surface area contributed by atoms with Gasteiger partial charge in [-0.15, -0.1) is 0 Å². The number of nitrogens with zero attached hydrogens (tertiary/aromatic N) is 4. The van der Waals surface area contributed by atoms with Gasteiger partial charge in [0.2, 0.25) is 0 Å². The molecule has 15 nitrogen and oxygen atoms in total. The molecule has 4 heterocycles. The molecule has 5 aromatic rings. The second-order valence-corrected chi connectivity index (χ2v) is 21.6. The van der Waals surface area contributed by atoms with Gasteiger partial charge >= 0.3 is 0 Å². The Morgan fingerprint density at radius 2 is 1.75 bits per heavy atom. The molecular formula is C51H63N7O8S. The Labute approximate surface area is 392 Å². The lowest BCUT2D eigenvalue weighted by Crippen LogP contribution is -2.63. The van der Waals surface area contributed by atoms with E-state index < -0.39 is 37.0 Å². The van der Waals surface area contributed by atoms with Crippen molar-refractivity contribution in [3.8, 4) is 17.4 Å². The van der Waals surface area contributed by atoms with E-state index in [9.17, 15) is 28.4 Å². The lowest BCUT2D eigenvalue weighted by atomic mass is 9.70. The Bertz CT molecular complexity index is 2730. The van der Waals surface area contributed by atoms with Gasteiger partial charge in [-0.3, -0.25) is 19.8 Å². The van der Waals surface area contributed by atoms with Gasteiger partial charge in [-0.1, -0.05) is 44.5 Å². The molecule has 0 radical (unpaired) electrons.